The van der Waals surface area contributed by atoms with Crippen molar-refractivity contribution >= 4 is 0 Å². The lowest BCUT2D eigenvalue weighted by molar-refractivity contribution is -0.274. The van der Waals surface area contributed by atoms with Crippen molar-refractivity contribution in [3.63, 3.8) is 0 Å². The molecule has 1 aromatic rings. The number of hydrogen-bond donors (Lipinski definition) is 0. The van der Waals surface area contributed by atoms with Crippen molar-refractivity contribution in [1.82, 2.24) is 0 Å². The van der Waals surface area contributed by atoms with E-state index in [1.54, 1.807) is 0 Å². The molecule has 0 aliphatic heterocycles. The van der Waals surface area contributed by atoms with Crippen LogP contribution in [0, 0.1) is 29.6 Å². The van der Waals surface area contributed by atoms with Gasteiger partial charge >= 0.3 is 6.36 Å². The van der Waals surface area contributed by atoms with Gasteiger partial charge in [-0.25, -0.2) is 0 Å². The van der Waals surface area contributed by atoms with E-state index in [1.807, 2.05) is 12.1 Å². The van der Waals surface area contributed by atoms with Gasteiger partial charge in [-0.15, -0.1) is 13.2 Å². The molecule has 4 rings (SSSR count). The first-order valence-corrected chi connectivity index (χ1v) is 14.7. The molecule has 0 radical (unpaired) electrons. The molecule has 1 aromatic carbocycles. The lowest BCUT2D eigenvalue weighted by Crippen LogP contribution is -2.30. The number of alkyl halides is 3. The molecule has 198 valence electrons. The molecule has 0 heterocycles. The Kier molecular flexibility index (Phi) is 9.87. The van der Waals surface area contributed by atoms with Gasteiger partial charge in [0.2, 0.25) is 0 Å². The minimum atomic E-state index is -4.62. The number of fused-ring (bicyclic) bond motifs is 1. The fourth-order valence-corrected chi connectivity index (χ4v) is 7.63. The summed E-state index contributed by atoms with van der Waals surface area (Å²) in [4.78, 5) is 0. The molecule has 4 atom stereocenters. The van der Waals surface area contributed by atoms with Crippen molar-refractivity contribution in [2.75, 3.05) is 0 Å². The van der Waals surface area contributed by atoms with Gasteiger partial charge in [-0.2, -0.15) is 0 Å². The maximum Gasteiger partial charge on any atom is 0.573 e. The summed E-state index contributed by atoms with van der Waals surface area (Å²) in [6.07, 6.45) is 19.1. The van der Waals surface area contributed by atoms with Gasteiger partial charge in [0, 0.05) is 0 Å². The van der Waals surface area contributed by atoms with E-state index in [9.17, 15) is 13.2 Å². The summed E-state index contributed by atoms with van der Waals surface area (Å²) in [7, 11) is 0. The van der Waals surface area contributed by atoms with Gasteiger partial charge in [-0.05, 0) is 85.3 Å². The SMILES string of the molecule is CCCCCCC1CCC(CCC2CCC3CC(c4ccc(OC(F)(F)F)cc4)CCC3C2)CC1. The van der Waals surface area contributed by atoms with Crippen molar-refractivity contribution < 1.29 is 17.9 Å². The first-order valence-electron chi connectivity index (χ1n) is 14.7. The standard InChI is InChI=1S/C31H47F3O/c1-2-3-4-5-6-23-7-9-24(10-8-23)11-12-25-13-14-29-22-28(16-15-27(29)21-25)26-17-19-30(20-18-26)35-31(32,33)34/h17-20,23-25,27-29H,2-16,21-22H2,1H3. The number of unbranched alkanes of at least 4 members (excludes halogenated alkanes) is 3. The van der Waals surface area contributed by atoms with Gasteiger partial charge in [-0.3, -0.25) is 0 Å². The number of halogens is 3. The summed E-state index contributed by atoms with van der Waals surface area (Å²) in [5, 5.41) is 0. The molecular weight excluding hydrogens is 445 g/mol. The maximum atomic E-state index is 12.4. The fraction of sp³-hybridized carbons (Fsp3) is 0.806. The molecule has 35 heavy (non-hydrogen) atoms. The van der Waals surface area contributed by atoms with Crippen LogP contribution in [0.2, 0.25) is 0 Å². The van der Waals surface area contributed by atoms with E-state index in [2.05, 4.69) is 11.7 Å². The number of ether oxygens (including phenoxy) is 1. The summed E-state index contributed by atoms with van der Waals surface area (Å²) in [6.45, 7) is 2.30. The monoisotopic (exact) mass is 492 g/mol. The second-order valence-corrected chi connectivity index (χ2v) is 12.1. The number of benzene rings is 1. The van der Waals surface area contributed by atoms with Gasteiger partial charge in [0.15, 0.2) is 0 Å². The van der Waals surface area contributed by atoms with E-state index in [0.29, 0.717) is 5.92 Å². The van der Waals surface area contributed by atoms with Crippen LogP contribution in [0.3, 0.4) is 0 Å². The normalized spacial score (nSPS) is 31.7. The van der Waals surface area contributed by atoms with Crippen LogP contribution in [0.25, 0.3) is 0 Å². The zero-order valence-electron chi connectivity index (χ0n) is 21.8. The van der Waals surface area contributed by atoms with Crippen LogP contribution >= 0.6 is 0 Å². The Morgan fingerprint density at radius 3 is 1.97 bits per heavy atom. The minimum absolute atomic E-state index is 0.115. The third-order valence-electron chi connectivity index (χ3n) is 9.72. The highest BCUT2D eigenvalue weighted by Crippen LogP contribution is 2.49. The fourth-order valence-electron chi connectivity index (χ4n) is 7.63. The molecule has 1 nitrogen and oxygen atoms in total. The topological polar surface area (TPSA) is 9.23 Å². The lowest BCUT2D eigenvalue weighted by atomic mass is 9.63. The van der Waals surface area contributed by atoms with Gasteiger partial charge in [0.1, 0.15) is 5.75 Å². The van der Waals surface area contributed by atoms with E-state index in [0.717, 1.165) is 29.6 Å². The molecular formula is C31H47F3O. The summed E-state index contributed by atoms with van der Waals surface area (Å²) in [5.74, 6) is 4.98. The van der Waals surface area contributed by atoms with Gasteiger partial charge in [0.05, 0.1) is 0 Å². The molecule has 0 bridgehead atoms. The predicted molar refractivity (Wildman–Crippen MR) is 137 cm³/mol. The number of hydrogen-bond acceptors (Lipinski definition) is 1. The van der Waals surface area contributed by atoms with E-state index < -0.39 is 6.36 Å². The third-order valence-corrected chi connectivity index (χ3v) is 9.72. The van der Waals surface area contributed by atoms with Crippen molar-refractivity contribution in [2.24, 2.45) is 29.6 Å². The average molecular weight is 493 g/mol. The molecule has 0 N–H and O–H groups in total. The molecule has 0 saturated heterocycles. The Hall–Kier alpha value is -1.19. The van der Waals surface area contributed by atoms with Crippen molar-refractivity contribution in [1.29, 1.82) is 0 Å². The van der Waals surface area contributed by atoms with Crippen LogP contribution in [0.1, 0.15) is 128 Å². The van der Waals surface area contributed by atoms with Crippen LogP contribution in [-0.2, 0) is 0 Å². The third kappa shape index (κ3) is 8.42. The molecule has 3 aliphatic rings. The van der Waals surface area contributed by atoms with E-state index in [1.165, 1.54) is 127 Å². The summed E-state index contributed by atoms with van der Waals surface area (Å²) >= 11 is 0. The van der Waals surface area contributed by atoms with Crippen LogP contribution in [0.5, 0.6) is 5.75 Å². The average Bonchev–Trinajstić information content (AvgIpc) is 2.85. The Morgan fingerprint density at radius 2 is 1.29 bits per heavy atom. The molecule has 3 saturated carbocycles. The van der Waals surface area contributed by atoms with E-state index in [4.69, 9.17) is 0 Å². The van der Waals surface area contributed by atoms with Crippen LogP contribution < -0.4 is 4.74 Å². The highest BCUT2D eigenvalue weighted by atomic mass is 19.4. The summed E-state index contributed by atoms with van der Waals surface area (Å²) in [6, 6.07) is 6.65. The molecule has 4 heteroatoms. The summed E-state index contributed by atoms with van der Waals surface area (Å²) in [5.41, 5.74) is 1.18. The summed E-state index contributed by atoms with van der Waals surface area (Å²) < 4.78 is 41.3. The van der Waals surface area contributed by atoms with Crippen LogP contribution in [0.4, 0.5) is 13.2 Å². The lowest BCUT2D eigenvalue weighted by Gasteiger charge is -2.43. The molecule has 0 amide bonds. The van der Waals surface area contributed by atoms with Crippen molar-refractivity contribution in [3.05, 3.63) is 29.8 Å². The maximum absolute atomic E-state index is 12.4. The van der Waals surface area contributed by atoms with Gasteiger partial charge < -0.3 is 4.74 Å². The largest absolute Gasteiger partial charge is 0.573 e. The minimum Gasteiger partial charge on any atom is -0.406 e. The van der Waals surface area contributed by atoms with Crippen molar-refractivity contribution in [2.45, 2.75) is 128 Å². The molecule has 0 aromatic heterocycles. The molecule has 3 aliphatic carbocycles. The van der Waals surface area contributed by atoms with E-state index in [-0.39, 0.29) is 5.75 Å². The van der Waals surface area contributed by atoms with Crippen molar-refractivity contribution in [3.8, 4) is 5.75 Å². The predicted octanol–water partition coefficient (Wildman–Crippen LogP) is 10.4. The molecule has 3 fully saturated rings. The zero-order valence-corrected chi connectivity index (χ0v) is 21.8. The first kappa shape index (κ1) is 26.9. The Morgan fingerprint density at radius 1 is 0.686 bits per heavy atom. The van der Waals surface area contributed by atoms with Gasteiger partial charge in [-0.1, -0.05) is 96.1 Å². The quantitative estimate of drug-likeness (QED) is 0.295. The smallest absolute Gasteiger partial charge is 0.406 e. The first-order chi connectivity index (χ1) is 16.9. The van der Waals surface area contributed by atoms with Gasteiger partial charge in [0.25, 0.3) is 0 Å². The Bertz CT molecular complexity index is 735. The second-order valence-electron chi connectivity index (χ2n) is 12.1. The highest BCUT2D eigenvalue weighted by molar-refractivity contribution is 5.30. The Balaban J connectivity index is 1.14. The van der Waals surface area contributed by atoms with E-state index >= 15 is 0 Å². The van der Waals surface area contributed by atoms with Crippen LogP contribution in [0.15, 0.2) is 24.3 Å². The highest BCUT2D eigenvalue weighted by Gasteiger charge is 2.36. The zero-order chi connectivity index (χ0) is 24.7. The Labute approximate surface area is 211 Å². The second kappa shape index (κ2) is 12.9. The van der Waals surface area contributed by atoms with Crippen LogP contribution in [-0.4, -0.2) is 6.36 Å². The number of rotatable bonds is 10. The molecule has 0 spiro atoms. The molecule has 4 unspecified atom stereocenters.